The van der Waals surface area contributed by atoms with Crippen LogP contribution in [0.4, 0.5) is 0 Å². The van der Waals surface area contributed by atoms with Crippen LogP contribution in [0.1, 0.15) is 10.4 Å². The molecule has 0 aromatic heterocycles. The molecule has 0 radical (unpaired) electrons. The largest absolute Gasteiger partial charge is 0.502 e. The van der Waals surface area contributed by atoms with Gasteiger partial charge in [0.1, 0.15) is 0 Å². The van der Waals surface area contributed by atoms with E-state index >= 15 is 0 Å². The van der Waals surface area contributed by atoms with Gasteiger partial charge in [0.25, 0.3) is 0 Å². The van der Waals surface area contributed by atoms with E-state index in [4.69, 9.17) is 23.2 Å². The third kappa shape index (κ3) is 3.47. The van der Waals surface area contributed by atoms with Gasteiger partial charge in [0.2, 0.25) is 5.76 Å². The lowest BCUT2D eigenvalue weighted by Gasteiger charge is -2.01. The molecule has 0 amide bonds. The van der Waals surface area contributed by atoms with Crippen LogP contribution in [0.3, 0.4) is 0 Å². The van der Waals surface area contributed by atoms with Crippen molar-refractivity contribution < 1.29 is 19.4 Å². The fourth-order valence-corrected chi connectivity index (χ4v) is 1.56. The molecule has 0 aliphatic rings. The predicted molar refractivity (Wildman–Crippen MR) is 63.5 cm³/mol. The molecule has 0 unspecified atom stereocenters. The maximum absolute atomic E-state index is 11.6. The van der Waals surface area contributed by atoms with Crippen LogP contribution < -0.4 is 0 Å². The fraction of sp³-hybridized carbons (Fsp3) is 0.0909. The Morgan fingerprint density at radius 1 is 1.35 bits per heavy atom. The molecule has 6 heteroatoms. The molecule has 0 saturated carbocycles. The molecule has 0 heterocycles. The predicted octanol–water partition coefficient (Wildman–Crippen LogP) is 2.79. The number of hydrogen-bond donors (Lipinski definition) is 1. The van der Waals surface area contributed by atoms with Crippen molar-refractivity contribution in [1.29, 1.82) is 0 Å². The average molecular weight is 275 g/mol. The van der Waals surface area contributed by atoms with Gasteiger partial charge in [-0.3, -0.25) is 4.79 Å². The number of ketones is 1. The highest BCUT2D eigenvalue weighted by Crippen LogP contribution is 2.21. The number of aliphatic hydroxyl groups is 1. The third-order valence-electron chi connectivity index (χ3n) is 1.86. The van der Waals surface area contributed by atoms with Crippen LogP contribution in [-0.2, 0) is 9.53 Å². The molecule has 1 aromatic rings. The molecule has 0 spiro atoms. The Morgan fingerprint density at radius 3 is 2.53 bits per heavy atom. The number of ether oxygens (including phenoxy) is 1. The van der Waals surface area contributed by atoms with Gasteiger partial charge < -0.3 is 9.84 Å². The van der Waals surface area contributed by atoms with E-state index < -0.39 is 17.5 Å². The number of rotatable bonds is 3. The molecule has 0 fully saturated rings. The maximum Gasteiger partial charge on any atom is 0.373 e. The summed E-state index contributed by atoms with van der Waals surface area (Å²) in [6, 6.07) is 4.26. The molecule has 1 aromatic carbocycles. The molecule has 17 heavy (non-hydrogen) atoms. The summed E-state index contributed by atoms with van der Waals surface area (Å²) in [5, 5.41) is 9.71. The second-order valence-corrected chi connectivity index (χ2v) is 3.85. The van der Waals surface area contributed by atoms with Crippen LogP contribution in [0.15, 0.2) is 30.0 Å². The Labute approximate surface area is 107 Å². The lowest BCUT2D eigenvalue weighted by atomic mass is 10.1. The van der Waals surface area contributed by atoms with Crippen molar-refractivity contribution in [2.45, 2.75) is 0 Å². The Balaban J connectivity index is 3.02. The lowest BCUT2D eigenvalue weighted by molar-refractivity contribution is -0.139. The molecule has 0 bridgehead atoms. The zero-order valence-electron chi connectivity index (χ0n) is 8.74. The molecular formula is C11H8Cl2O4. The van der Waals surface area contributed by atoms with Crippen molar-refractivity contribution >= 4 is 35.0 Å². The molecule has 0 saturated heterocycles. The summed E-state index contributed by atoms with van der Waals surface area (Å²) in [6.07, 6.45) is 0.737. The number of carbonyl (C=O) groups excluding carboxylic acids is 2. The highest BCUT2D eigenvalue weighted by atomic mass is 35.5. The van der Waals surface area contributed by atoms with Gasteiger partial charge in [0.05, 0.1) is 12.1 Å². The highest BCUT2D eigenvalue weighted by Gasteiger charge is 2.13. The van der Waals surface area contributed by atoms with Gasteiger partial charge in [0.15, 0.2) is 5.78 Å². The first kappa shape index (κ1) is 13.5. The maximum atomic E-state index is 11.6. The molecule has 0 aliphatic heterocycles. The van der Waals surface area contributed by atoms with E-state index in [-0.39, 0.29) is 10.6 Å². The number of aliphatic hydroxyl groups excluding tert-OH is 1. The van der Waals surface area contributed by atoms with Gasteiger partial charge in [0, 0.05) is 16.7 Å². The van der Waals surface area contributed by atoms with Gasteiger partial charge in [-0.25, -0.2) is 4.79 Å². The van der Waals surface area contributed by atoms with Crippen molar-refractivity contribution in [3.8, 4) is 0 Å². The van der Waals surface area contributed by atoms with Gasteiger partial charge in [-0.15, -0.1) is 0 Å². The second kappa shape index (κ2) is 5.70. The van der Waals surface area contributed by atoms with Crippen molar-refractivity contribution in [2.75, 3.05) is 7.11 Å². The van der Waals surface area contributed by atoms with Gasteiger partial charge >= 0.3 is 5.97 Å². The average Bonchev–Trinajstić information content (AvgIpc) is 2.27. The van der Waals surface area contributed by atoms with Crippen molar-refractivity contribution in [3.63, 3.8) is 0 Å². The minimum atomic E-state index is -0.997. The van der Waals surface area contributed by atoms with E-state index in [0.29, 0.717) is 5.02 Å². The summed E-state index contributed by atoms with van der Waals surface area (Å²) < 4.78 is 4.23. The van der Waals surface area contributed by atoms with Crippen LogP contribution in [0.5, 0.6) is 0 Å². The first-order chi connectivity index (χ1) is 7.95. The van der Waals surface area contributed by atoms with E-state index in [1.54, 1.807) is 0 Å². The lowest BCUT2D eigenvalue weighted by Crippen LogP contribution is -2.07. The number of hydrogen-bond acceptors (Lipinski definition) is 4. The zero-order valence-corrected chi connectivity index (χ0v) is 10.2. The molecule has 1 N–H and O–H groups in total. The summed E-state index contributed by atoms with van der Waals surface area (Å²) in [5.41, 5.74) is 0.131. The third-order valence-corrected chi connectivity index (χ3v) is 2.41. The van der Waals surface area contributed by atoms with Crippen molar-refractivity contribution in [2.24, 2.45) is 0 Å². The summed E-state index contributed by atoms with van der Waals surface area (Å²) >= 11 is 11.5. The van der Waals surface area contributed by atoms with E-state index in [2.05, 4.69) is 4.74 Å². The van der Waals surface area contributed by atoms with Gasteiger partial charge in [-0.05, 0) is 18.2 Å². The van der Waals surface area contributed by atoms with Crippen LogP contribution in [0.2, 0.25) is 10.0 Å². The molecule has 4 nitrogen and oxygen atoms in total. The summed E-state index contributed by atoms with van der Waals surface area (Å²) in [6.45, 7) is 0. The van der Waals surface area contributed by atoms with Crippen molar-refractivity contribution in [1.82, 2.24) is 0 Å². The summed E-state index contributed by atoms with van der Waals surface area (Å²) in [7, 11) is 1.09. The number of carbonyl (C=O) groups is 2. The van der Waals surface area contributed by atoms with E-state index in [1.165, 1.54) is 18.2 Å². The van der Waals surface area contributed by atoms with E-state index in [9.17, 15) is 14.7 Å². The van der Waals surface area contributed by atoms with E-state index in [0.717, 1.165) is 13.2 Å². The number of halogens is 2. The highest BCUT2D eigenvalue weighted by molar-refractivity contribution is 6.37. The Morgan fingerprint density at radius 2 is 2.00 bits per heavy atom. The fourth-order valence-electron chi connectivity index (χ4n) is 1.05. The molecule has 0 aliphatic carbocycles. The van der Waals surface area contributed by atoms with Crippen LogP contribution in [-0.4, -0.2) is 24.0 Å². The standard InChI is InChI=1S/C11H8Cl2O4/c1-17-11(16)10(15)5-9(14)7-3-2-6(12)4-8(7)13/h2-5,15H,1H3. The molecule has 0 atom stereocenters. The molecule has 1 rings (SSSR count). The van der Waals surface area contributed by atoms with Gasteiger partial charge in [-0.2, -0.15) is 0 Å². The first-order valence-electron chi connectivity index (χ1n) is 4.44. The van der Waals surface area contributed by atoms with Crippen LogP contribution >= 0.6 is 23.2 Å². The molecular weight excluding hydrogens is 267 g/mol. The Kier molecular flexibility index (Phi) is 4.54. The summed E-state index contributed by atoms with van der Waals surface area (Å²) in [5.74, 6) is -2.40. The number of esters is 1. The number of methoxy groups -OCH3 is 1. The SMILES string of the molecule is COC(=O)C(O)=CC(=O)c1ccc(Cl)cc1Cl. The summed E-state index contributed by atoms with van der Waals surface area (Å²) in [4.78, 5) is 22.5. The number of allylic oxidation sites excluding steroid dienone is 1. The topological polar surface area (TPSA) is 63.6 Å². The monoisotopic (exact) mass is 274 g/mol. The van der Waals surface area contributed by atoms with Crippen molar-refractivity contribution in [3.05, 3.63) is 45.6 Å². The van der Waals surface area contributed by atoms with Crippen LogP contribution in [0.25, 0.3) is 0 Å². The quantitative estimate of drug-likeness (QED) is 0.398. The zero-order chi connectivity index (χ0) is 13.0. The minimum absolute atomic E-state index is 0.131. The van der Waals surface area contributed by atoms with Gasteiger partial charge in [-0.1, -0.05) is 23.2 Å². The Hall–Kier alpha value is -1.52. The Bertz CT molecular complexity index is 494. The normalized spacial score (nSPS) is 11.1. The molecule has 90 valence electrons. The van der Waals surface area contributed by atoms with E-state index in [1.807, 2.05) is 0 Å². The smallest absolute Gasteiger partial charge is 0.373 e. The second-order valence-electron chi connectivity index (χ2n) is 3.01. The number of benzene rings is 1. The minimum Gasteiger partial charge on any atom is -0.502 e. The first-order valence-corrected chi connectivity index (χ1v) is 5.19. The van der Waals surface area contributed by atoms with Crippen LogP contribution in [0, 0.1) is 0 Å².